The molecule has 21 aromatic rings. The van der Waals surface area contributed by atoms with Gasteiger partial charge in [0.2, 0.25) is 0 Å². The second-order valence-electron chi connectivity index (χ2n) is 27.5. The second kappa shape index (κ2) is 25.2. The predicted molar refractivity (Wildman–Crippen MR) is 434 cm³/mol. The van der Waals surface area contributed by atoms with E-state index in [0.717, 1.165) is 177 Å². The minimum absolute atomic E-state index is 0.145. The van der Waals surface area contributed by atoms with Crippen LogP contribution in [0.1, 0.15) is 25.0 Å². The molecular weight excluding hydrogens is 1300 g/mol. The van der Waals surface area contributed by atoms with Gasteiger partial charge in [-0.1, -0.05) is 257 Å². The van der Waals surface area contributed by atoms with Crippen LogP contribution < -0.4 is 0 Å². The average molecular weight is 1360 g/mol. The van der Waals surface area contributed by atoms with Crippen LogP contribution in [0.15, 0.2) is 353 Å². The number of pyridine rings is 2. The third-order valence-electron chi connectivity index (χ3n) is 20.8. The largest absolute Gasteiger partial charge is 0.455 e. The van der Waals surface area contributed by atoms with E-state index in [2.05, 4.69) is 213 Å². The molecule has 0 radical (unpaired) electrons. The Labute approximate surface area is 609 Å². The summed E-state index contributed by atoms with van der Waals surface area (Å²) in [5, 5.41) is 10.2. The molecular formula is C97H62N6O3. The molecule has 0 aliphatic heterocycles. The fourth-order valence-corrected chi connectivity index (χ4v) is 15.7. The van der Waals surface area contributed by atoms with Gasteiger partial charge in [0.1, 0.15) is 39.2 Å². The van der Waals surface area contributed by atoms with Gasteiger partial charge in [0.05, 0.1) is 56.1 Å². The molecule has 0 saturated carbocycles. The van der Waals surface area contributed by atoms with Crippen molar-refractivity contribution in [1.29, 1.82) is 0 Å². The maximum atomic E-state index is 6.46. The van der Waals surface area contributed by atoms with Gasteiger partial charge in [0.25, 0.3) is 0 Å². The Kier molecular flexibility index (Phi) is 14.7. The summed E-state index contributed by atoms with van der Waals surface area (Å²) in [5.41, 5.74) is 28.3. The third-order valence-corrected chi connectivity index (χ3v) is 20.8. The third kappa shape index (κ3) is 10.5. The number of aromatic nitrogens is 6. The zero-order chi connectivity index (χ0) is 70.4. The summed E-state index contributed by atoms with van der Waals surface area (Å²) in [5.74, 6) is 0. The highest BCUT2D eigenvalue weighted by Crippen LogP contribution is 2.52. The van der Waals surface area contributed by atoms with Crippen molar-refractivity contribution in [3.8, 4) is 89.8 Å². The fourth-order valence-electron chi connectivity index (χ4n) is 15.7. The van der Waals surface area contributed by atoms with Gasteiger partial charge < -0.3 is 13.3 Å². The highest BCUT2D eigenvalue weighted by molar-refractivity contribution is 6.13. The first-order chi connectivity index (χ1) is 52.3. The molecule has 9 heteroatoms. The fraction of sp³-hybridized carbons (Fsp3) is 0.0309. The first-order valence-electron chi connectivity index (χ1n) is 35.7. The summed E-state index contributed by atoms with van der Waals surface area (Å²) in [6, 6.07) is 115. The van der Waals surface area contributed by atoms with E-state index in [1.54, 1.807) is 0 Å². The van der Waals surface area contributed by atoms with Crippen molar-refractivity contribution in [3.05, 3.63) is 351 Å². The van der Waals surface area contributed by atoms with Crippen LogP contribution in [0.4, 0.5) is 0 Å². The summed E-state index contributed by atoms with van der Waals surface area (Å²) in [6.45, 7) is 4.66. The van der Waals surface area contributed by atoms with Crippen LogP contribution in [0.25, 0.3) is 199 Å². The van der Waals surface area contributed by atoms with Crippen LogP contribution in [0, 0.1) is 0 Å². The number of benzene rings is 14. The van der Waals surface area contributed by atoms with E-state index in [4.69, 9.17) is 38.2 Å². The quantitative estimate of drug-likeness (QED) is 0.154. The van der Waals surface area contributed by atoms with Gasteiger partial charge in [0.15, 0.2) is 0 Å². The van der Waals surface area contributed by atoms with Crippen LogP contribution in [-0.2, 0) is 5.41 Å². The lowest BCUT2D eigenvalue weighted by atomic mass is 9.81. The molecule has 0 spiro atoms. The van der Waals surface area contributed by atoms with Crippen molar-refractivity contribution >= 4 is 110 Å². The van der Waals surface area contributed by atoms with Crippen LogP contribution in [-0.4, -0.2) is 29.9 Å². The molecule has 0 bridgehead atoms. The van der Waals surface area contributed by atoms with Crippen LogP contribution in [0.5, 0.6) is 0 Å². The summed E-state index contributed by atoms with van der Waals surface area (Å²) in [6.07, 6.45) is 1.82. The summed E-state index contributed by atoms with van der Waals surface area (Å²) < 4.78 is 19.0. The zero-order valence-corrected chi connectivity index (χ0v) is 57.7. The predicted octanol–water partition coefficient (Wildman–Crippen LogP) is 25.7. The minimum atomic E-state index is -0.145. The summed E-state index contributed by atoms with van der Waals surface area (Å²) in [4.78, 5) is 30.3. The summed E-state index contributed by atoms with van der Waals surface area (Å²) >= 11 is 0. The van der Waals surface area contributed by atoms with Gasteiger partial charge in [-0.2, -0.15) is 0 Å². The summed E-state index contributed by atoms with van der Waals surface area (Å²) in [7, 11) is 0. The molecule has 7 aromatic heterocycles. The first-order valence-corrected chi connectivity index (χ1v) is 35.7. The standard InChI is InChI=1S/C39H26N2O.C32H20N2O.C26H16N2O/c1-39(2)31-22-25(18-19-26(31)30-20-23-10-3-4-11-24(23)21-32(30)39)36-37(41-34-16-7-6-15-33(34)40-36)29-14-9-13-28-27-12-5-8-17-35(27)42-38(28)29;1-3-10-21(11-4-1)30-31(22-12-5-2-6-13-22)34-28-20-23(18-19-27(28)33-30)24-15-9-16-26-25-14-7-8-17-29(25)35-32(24)26;1-2-8-17(9-3-1)25-20-13-7-15-27-22(20)16-23(28-25)21-12-6-11-19-18-10-4-5-14-24(18)29-26(19)21/h3-22H,1-2H3;1-20H;1-16H. The van der Waals surface area contributed by atoms with Crippen LogP contribution >= 0.6 is 0 Å². The van der Waals surface area contributed by atoms with E-state index in [0.29, 0.717) is 0 Å². The number of hydrogen-bond donors (Lipinski definition) is 0. The topological polar surface area (TPSA) is 117 Å². The van der Waals surface area contributed by atoms with E-state index in [1.807, 2.05) is 146 Å². The van der Waals surface area contributed by atoms with Crippen LogP contribution in [0.2, 0.25) is 0 Å². The molecule has 0 saturated heterocycles. The SMILES string of the molecule is CC1(C)c2cc(-c3nc4ccccc4nc3-c3cccc4c3oc3ccccc34)ccc2-c2cc3ccccc3cc21.c1ccc(-c2nc(-c3cccc4c3oc3ccccc34)cc3ncccc23)cc1.c1ccc(-c2nc3ccc(-c4cccc5c4oc4ccccc45)cc3nc2-c2ccccc2)cc1. The number of rotatable bonds is 7. The Morgan fingerprint density at radius 2 is 0.670 bits per heavy atom. The molecule has 7 heterocycles. The lowest BCUT2D eigenvalue weighted by molar-refractivity contribution is 0.661. The number of para-hydroxylation sites is 8. The molecule has 14 aromatic carbocycles. The number of nitrogens with zero attached hydrogens (tertiary/aromatic N) is 6. The second-order valence-corrected chi connectivity index (χ2v) is 27.5. The molecule has 0 N–H and O–H groups in total. The molecule has 22 rings (SSSR count). The maximum Gasteiger partial charge on any atom is 0.144 e. The van der Waals surface area contributed by atoms with Crippen molar-refractivity contribution in [3.63, 3.8) is 0 Å². The van der Waals surface area contributed by atoms with Gasteiger partial charge in [-0.05, 0) is 130 Å². The first kappa shape index (κ1) is 61.8. The lowest BCUT2D eigenvalue weighted by Crippen LogP contribution is -2.15. The molecule has 0 atom stereocenters. The minimum Gasteiger partial charge on any atom is -0.455 e. The van der Waals surface area contributed by atoms with Gasteiger partial charge in [-0.3, -0.25) is 4.98 Å². The molecule has 0 unspecified atom stereocenters. The molecule has 0 amide bonds. The Morgan fingerprint density at radius 1 is 0.236 bits per heavy atom. The van der Waals surface area contributed by atoms with Gasteiger partial charge >= 0.3 is 0 Å². The van der Waals surface area contributed by atoms with Crippen molar-refractivity contribution in [1.82, 2.24) is 29.9 Å². The number of furan rings is 3. The smallest absolute Gasteiger partial charge is 0.144 e. The van der Waals surface area contributed by atoms with Gasteiger partial charge in [0, 0.05) is 88.3 Å². The monoisotopic (exact) mass is 1360 g/mol. The Hall–Kier alpha value is -14.0. The molecule has 9 nitrogen and oxygen atoms in total. The van der Waals surface area contributed by atoms with Crippen molar-refractivity contribution in [2.24, 2.45) is 0 Å². The van der Waals surface area contributed by atoms with Gasteiger partial charge in [-0.15, -0.1) is 0 Å². The maximum absolute atomic E-state index is 6.46. The normalized spacial score (nSPS) is 12.3. The average Bonchev–Trinajstić information content (AvgIpc) is 1.55. The number of fused-ring (bicyclic) bond motifs is 16. The zero-order valence-electron chi connectivity index (χ0n) is 57.7. The molecule has 106 heavy (non-hydrogen) atoms. The van der Waals surface area contributed by atoms with E-state index < -0.39 is 0 Å². The Bertz CT molecular complexity index is 7060. The Balaban J connectivity index is 0.000000107. The molecule has 1 aliphatic carbocycles. The van der Waals surface area contributed by atoms with E-state index in [-0.39, 0.29) is 5.41 Å². The lowest BCUT2D eigenvalue weighted by Gasteiger charge is -2.22. The van der Waals surface area contributed by atoms with Crippen LogP contribution in [0.3, 0.4) is 0 Å². The van der Waals surface area contributed by atoms with Crippen molar-refractivity contribution in [2.75, 3.05) is 0 Å². The highest BCUT2D eigenvalue weighted by Gasteiger charge is 2.36. The molecule has 1 aliphatic rings. The Morgan fingerprint density at radius 3 is 1.27 bits per heavy atom. The molecule has 498 valence electrons. The van der Waals surface area contributed by atoms with Crippen molar-refractivity contribution in [2.45, 2.75) is 19.3 Å². The van der Waals surface area contributed by atoms with Crippen molar-refractivity contribution < 1.29 is 13.3 Å². The molecule has 0 fully saturated rings. The van der Waals surface area contributed by atoms with E-state index >= 15 is 0 Å². The highest BCUT2D eigenvalue weighted by atomic mass is 16.3. The van der Waals surface area contributed by atoms with E-state index in [9.17, 15) is 0 Å². The van der Waals surface area contributed by atoms with Gasteiger partial charge in [-0.25, -0.2) is 24.9 Å². The van der Waals surface area contributed by atoms with E-state index in [1.165, 1.54) is 33.0 Å². The number of hydrogen-bond acceptors (Lipinski definition) is 9.